The minimum absolute atomic E-state index is 0.0240. The lowest BCUT2D eigenvalue weighted by Gasteiger charge is -2.11. The van der Waals surface area contributed by atoms with Crippen LogP contribution in [0.5, 0.6) is 5.75 Å². The van der Waals surface area contributed by atoms with E-state index in [2.05, 4.69) is 24.5 Å². The van der Waals surface area contributed by atoms with Gasteiger partial charge in [0.15, 0.2) is 0 Å². The number of amides is 1. The van der Waals surface area contributed by atoms with E-state index in [9.17, 15) is 4.79 Å². The molecule has 0 radical (unpaired) electrons. The summed E-state index contributed by atoms with van der Waals surface area (Å²) in [6.45, 7) is 4.94. The van der Waals surface area contributed by atoms with Gasteiger partial charge in [-0.3, -0.25) is 4.79 Å². The van der Waals surface area contributed by atoms with Crippen LogP contribution in [-0.2, 0) is 4.79 Å². The number of benzene rings is 1. The zero-order valence-electron chi connectivity index (χ0n) is 11.3. The first-order chi connectivity index (χ1) is 8.65. The highest BCUT2D eigenvalue weighted by atomic mass is 16.5. The molecule has 0 aromatic heterocycles. The zero-order chi connectivity index (χ0) is 13.4. The van der Waals surface area contributed by atoms with Crippen molar-refractivity contribution in [2.24, 2.45) is 0 Å². The standard InChI is InChI=1S/C14H22N2O2/c1-4-11(2)15-10-9-14(17)16-12-5-7-13(18-3)8-6-12/h5-8,11,15H,4,9-10H2,1-3H3,(H,16,17). The van der Waals surface area contributed by atoms with Gasteiger partial charge >= 0.3 is 0 Å². The van der Waals surface area contributed by atoms with E-state index in [4.69, 9.17) is 4.74 Å². The van der Waals surface area contributed by atoms with Gasteiger partial charge in [-0.1, -0.05) is 6.92 Å². The Morgan fingerprint density at radius 3 is 2.56 bits per heavy atom. The van der Waals surface area contributed by atoms with Crippen LogP contribution >= 0.6 is 0 Å². The topological polar surface area (TPSA) is 50.4 Å². The van der Waals surface area contributed by atoms with Crippen LogP contribution in [0.1, 0.15) is 26.7 Å². The molecule has 2 N–H and O–H groups in total. The van der Waals surface area contributed by atoms with E-state index in [0.29, 0.717) is 19.0 Å². The molecule has 0 bridgehead atoms. The predicted octanol–water partition coefficient (Wildman–Crippen LogP) is 2.41. The molecular formula is C14H22N2O2. The number of anilines is 1. The predicted molar refractivity (Wildman–Crippen MR) is 74.0 cm³/mol. The van der Waals surface area contributed by atoms with Gasteiger partial charge in [0, 0.05) is 24.7 Å². The number of hydrogen-bond donors (Lipinski definition) is 2. The first-order valence-electron chi connectivity index (χ1n) is 6.33. The molecule has 1 unspecified atom stereocenters. The molecule has 18 heavy (non-hydrogen) atoms. The molecule has 0 aliphatic heterocycles. The molecule has 0 aliphatic carbocycles. The van der Waals surface area contributed by atoms with Crippen LogP contribution in [-0.4, -0.2) is 25.6 Å². The summed E-state index contributed by atoms with van der Waals surface area (Å²) in [5.74, 6) is 0.808. The average Bonchev–Trinajstić information content (AvgIpc) is 2.39. The largest absolute Gasteiger partial charge is 0.497 e. The van der Waals surface area contributed by atoms with Crippen molar-refractivity contribution >= 4 is 11.6 Å². The van der Waals surface area contributed by atoms with Crippen LogP contribution in [0.2, 0.25) is 0 Å². The van der Waals surface area contributed by atoms with E-state index in [-0.39, 0.29) is 5.91 Å². The Hall–Kier alpha value is -1.55. The minimum atomic E-state index is 0.0240. The van der Waals surface area contributed by atoms with E-state index in [1.165, 1.54) is 0 Å². The highest BCUT2D eigenvalue weighted by Gasteiger charge is 2.03. The van der Waals surface area contributed by atoms with Gasteiger partial charge in [0.1, 0.15) is 5.75 Å². The summed E-state index contributed by atoms with van der Waals surface area (Å²) in [6.07, 6.45) is 1.55. The summed E-state index contributed by atoms with van der Waals surface area (Å²) >= 11 is 0. The fourth-order valence-corrected chi connectivity index (χ4v) is 1.47. The van der Waals surface area contributed by atoms with Crippen molar-refractivity contribution in [1.82, 2.24) is 5.32 Å². The quantitative estimate of drug-likeness (QED) is 0.781. The Morgan fingerprint density at radius 2 is 2.00 bits per heavy atom. The van der Waals surface area contributed by atoms with E-state index in [1.54, 1.807) is 7.11 Å². The number of nitrogens with one attached hydrogen (secondary N) is 2. The Labute approximate surface area is 109 Å². The maximum absolute atomic E-state index is 11.7. The van der Waals surface area contributed by atoms with E-state index < -0.39 is 0 Å². The van der Waals surface area contributed by atoms with Crippen molar-refractivity contribution < 1.29 is 9.53 Å². The molecule has 0 spiro atoms. The number of ether oxygens (including phenoxy) is 1. The van der Waals surface area contributed by atoms with Gasteiger partial charge in [-0.15, -0.1) is 0 Å². The summed E-state index contributed by atoms with van der Waals surface area (Å²) in [5.41, 5.74) is 0.796. The van der Waals surface area contributed by atoms with Crippen molar-refractivity contribution in [3.8, 4) is 5.75 Å². The van der Waals surface area contributed by atoms with E-state index in [0.717, 1.165) is 17.9 Å². The number of rotatable bonds is 7. The van der Waals surface area contributed by atoms with Crippen LogP contribution in [0.4, 0.5) is 5.69 Å². The highest BCUT2D eigenvalue weighted by Crippen LogP contribution is 2.14. The Bertz CT molecular complexity index is 363. The second-order valence-electron chi connectivity index (χ2n) is 4.29. The van der Waals surface area contributed by atoms with Crippen LogP contribution < -0.4 is 15.4 Å². The van der Waals surface area contributed by atoms with Crippen LogP contribution in [0.25, 0.3) is 0 Å². The lowest BCUT2D eigenvalue weighted by molar-refractivity contribution is -0.116. The van der Waals surface area contributed by atoms with Gasteiger partial charge in [-0.2, -0.15) is 0 Å². The van der Waals surface area contributed by atoms with Crippen molar-refractivity contribution in [3.05, 3.63) is 24.3 Å². The molecule has 1 aromatic rings. The molecule has 0 saturated heterocycles. The number of hydrogen-bond acceptors (Lipinski definition) is 3. The van der Waals surface area contributed by atoms with Gasteiger partial charge in [-0.25, -0.2) is 0 Å². The average molecular weight is 250 g/mol. The number of carbonyl (C=O) groups excluding carboxylic acids is 1. The first-order valence-corrected chi connectivity index (χ1v) is 6.33. The maximum atomic E-state index is 11.7. The fourth-order valence-electron chi connectivity index (χ4n) is 1.47. The van der Waals surface area contributed by atoms with Crippen LogP contribution in [0.15, 0.2) is 24.3 Å². The van der Waals surface area contributed by atoms with Gasteiger partial charge in [0.25, 0.3) is 0 Å². The molecule has 100 valence electrons. The van der Waals surface area contributed by atoms with E-state index >= 15 is 0 Å². The minimum Gasteiger partial charge on any atom is -0.497 e. The zero-order valence-corrected chi connectivity index (χ0v) is 11.3. The SMILES string of the molecule is CCC(C)NCCC(=O)Nc1ccc(OC)cc1. The molecule has 4 heteroatoms. The molecular weight excluding hydrogens is 228 g/mol. The molecule has 0 heterocycles. The first kappa shape index (κ1) is 14.5. The monoisotopic (exact) mass is 250 g/mol. The molecule has 1 rings (SSSR count). The third kappa shape index (κ3) is 5.19. The second kappa shape index (κ2) is 7.71. The third-order valence-electron chi connectivity index (χ3n) is 2.83. The summed E-state index contributed by atoms with van der Waals surface area (Å²) in [4.78, 5) is 11.7. The Kier molecular flexibility index (Phi) is 6.22. The molecule has 0 saturated carbocycles. The van der Waals surface area contributed by atoms with Crippen LogP contribution in [0.3, 0.4) is 0 Å². The van der Waals surface area contributed by atoms with Gasteiger partial charge in [-0.05, 0) is 37.6 Å². The molecule has 0 fully saturated rings. The van der Waals surface area contributed by atoms with Gasteiger partial charge in [0.05, 0.1) is 7.11 Å². The van der Waals surface area contributed by atoms with Crippen molar-refractivity contribution in [1.29, 1.82) is 0 Å². The van der Waals surface area contributed by atoms with Gasteiger partial charge in [0.2, 0.25) is 5.91 Å². The van der Waals surface area contributed by atoms with Crippen LogP contribution in [0, 0.1) is 0 Å². The highest BCUT2D eigenvalue weighted by molar-refractivity contribution is 5.90. The molecule has 1 amide bonds. The molecule has 0 aliphatic rings. The van der Waals surface area contributed by atoms with Crippen molar-refractivity contribution in [2.75, 3.05) is 19.0 Å². The van der Waals surface area contributed by atoms with Gasteiger partial charge < -0.3 is 15.4 Å². The summed E-state index contributed by atoms with van der Waals surface area (Å²) < 4.78 is 5.06. The molecule has 1 aromatic carbocycles. The Balaban J connectivity index is 2.30. The molecule has 1 atom stereocenters. The van der Waals surface area contributed by atoms with Crippen molar-refractivity contribution in [3.63, 3.8) is 0 Å². The normalized spacial score (nSPS) is 11.9. The summed E-state index contributed by atoms with van der Waals surface area (Å²) in [6, 6.07) is 7.77. The third-order valence-corrected chi connectivity index (χ3v) is 2.83. The smallest absolute Gasteiger partial charge is 0.225 e. The summed E-state index contributed by atoms with van der Waals surface area (Å²) in [5, 5.41) is 6.14. The lowest BCUT2D eigenvalue weighted by Crippen LogP contribution is -2.28. The lowest BCUT2D eigenvalue weighted by atomic mass is 10.2. The van der Waals surface area contributed by atoms with E-state index in [1.807, 2.05) is 24.3 Å². The fraction of sp³-hybridized carbons (Fsp3) is 0.500. The summed E-state index contributed by atoms with van der Waals surface area (Å²) in [7, 11) is 1.62. The molecule has 4 nitrogen and oxygen atoms in total. The second-order valence-corrected chi connectivity index (χ2v) is 4.29. The number of carbonyl (C=O) groups is 1. The Morgan fingerprint density at radius 1 is 1.33 bits per heavy atom. The maximum Gasteiger partial charge on any atom is 0.225 e. The number of methoxy groups -OCH3 is 1. The van der Waals surface area contributed by atoms with Crippen molar-refractivity contribution in [2.45, 2.75) is 32.7 Å².